The Kier molecular flexibility index (Phi) is 2.42. The Balaban J connectivity index is 2.41. The molecule has 2 nitrogen and oxygen atoms in total. The molecule has 0 amide bonds. The summed E-state index contributed by atoms with van der Waals surface area (Å²) in [4.78, 5) is 2.14. The van der Waals surface area contributed by atoms with Gasteiger partial charge in [0.25, 0.3) is 0 Å². The quantitative estimate of drug-likeness (QED) is 0.678. The number of halogens is 1. The van der Waals surface area contributed by atoms with Crippen molar-refractivity contribution in [2.45, 2.75) is 18.9 Å². The van der Waals surface area contributed by atoms with Crippen LogP contribution in [0.1, 0.15) is 12.0 Å². The predicted molar refractivity (Wildman–Crippen MR) is 56.0 cm³/mol. The lowest BCUT2D eigenvalue weighted by Crippen LogP contribution is -2.25. The van der Waals surface area contributed by atoms with E-state index in [9.17, 15) is 4.39 Å². The van der Waals surface area contributed by atoms with Crippen molar-refractivity contribution >= 4 is 5.69 Å². The first kappa shape index (κ1) is 9.46. The van der Waals surface area contributed by atoms with Gasteiger partial charge < -0.3 is 10.6 Å². The van der Waals surface area contributed by atoms with Crippen molar-refractivity contribution in [2.24, 2.45) is 5.73 Å². The average molecular weight is 194 g/mol. The van der Waals surface area contributed by atoms with Gasteiger partial charge >= 0.3 is 0 Å². The first-order valence-corrected chi connectivity index (χ1v) is 4.92. The molecule has 0 saturated heterocycles. The summed E-state index contributed by atoms with van der Waals surface area (Å²) >= 11 is 0. The summed E-state index contributed by atoms with van der Waals surface area (Å²) in [6.07, 6.45) is 1.74. The zero-order valence-electron chi connectivity index (χ0n) is 8.33. The number of anilines is 1. The van der Waals surface area contributed by atoms with E-state index in [0.717, 1.165) is 30.6 Å². The molecular weight excluding hydrogens is 179 g/mol. The van der Waals surface area contributed by atoms with E-state index in [-0.39, 0.29) is 11.9 Å². The molecule has 2 rings (SSSR count). The fraction of sp³-hybridized carbons (Fsp3) is 0.455. The Bertz CT molecular complexity index is 338. The molecule has 1 heterocycles. The van der Waals surface area contributed by atoms with Crippen LogP contribution in [0.25, 0.3) is 0 Å². The maximum atomic E-state index is 13.0. The Hall–Kier alpha value is -1.09. The second-order valence-electron chi connectivity index (χ2n) is 3.95. The molecule has 1 aromatic rings. The van der Waals surface area contributed by atoms with Gasteiger partial charge in [0.2, 0.25) is 0 Å². The molecule has 0 saturated carbocycles. The summed E-state index contributed by atoms with van der Waals surface area (Å²) in [5.74, 6) is -0.175. The van der Waals surface area contributed by atoms with Crippen molar-refractivity contribution in [1.82, 2.24) is 0 Å². The normalized spacial score (nSPS) is 21.6. The van der Waals surface area contributed by atoms with Gasteiger partial charge in [-0.1, -0.05) is 0 Å². The molecule has 1 aromatic carbocycles. The first-order chi connectivity index (χ1) is 6.66. The zero-order chi connectivity index (χ0) is 10.1. The molecule has 0 bridgehead atoms. The topological polar surface area (TPSA) is 29.3 Å². The van der Waals surface area contributed by atoms with E-state index in [1.54, 1.807) is 6.07 Å². The predicted octanol–water partition coefficient (Wildman–Crippen LogP) is 1.54. The van der Waals surface area contributed by atoms with E-state index >= 15 is 0 Å². The fourth-order valence-corrected chi connectivity index (χ4v) is 1.95. The van der Waals surface area contributed by atoms with Crippen LogP contribution in [0.3, 0.4) is 0 Å². The molecule has 14 heavy (non-hydrogen) atoms. The third kappa shape index (κ3) is 1.73. The molecule has 1 atom stereocenters. The van der Waals surface area contributed by atoms with Crippen molar-refractivity contribution in [3.05, 3.63) is 29.6 Å². The second kappa shape index (κ2) is 3.58. The molecule has 0 radical (unpaired) electrons. The van der Waals surface area contributed by atoms with Crippen LogP contribution in [0.15, 0.2) is 18.2 Å². The van der Waals surface area contributed by atoms with Gasteiger partial charge in [-0.3, -0.25) is 0 Å². The summed E-state index contributed by atoms with van der Waals surface area (Å²) in [7, 11) is 2.02. The number of fused-ring (bicyclic) bond motifs is 1. The van der Waals surface area contributed by atoms with Crippen LogP contribution in [-0.4, -0.2) is 19.6 Å². The number of nitrogens with zero attached hydrogens (tertiary/aromatic N) is 1. The molecule has 1 aliphatic rings. The first-order valence-electron chi connectivity index (χ1n) is 4.92. The van der Waals surface area contributed by atoms with Crippen LogP contribution in [0.5, 0.6) is 0 Å². The molecule has 1 unspecified atom stereocenters. The van der Waals surface area contributed by atoms with Gasteiger partial charge in [0.1, 0.15) is 5.82 Å². The van der Waals surface area contributed by atoms with Gasteiger partial charge in [0.05, 0.1) is 0 Å². The minimum Gasteiger partial charge on any atom is -0.374 e. The smallest absolute Gasteiger partial charge is 0.123 e. The third-order valence-corrected chi connectivity index (χ3v) is 2.77. The van der Waals surface area contributed by atoms with Crippen molar-refractivity contribution in [2.75, 3.05) is 18.5 Å². The van der Waals surface area contributed by atoms with Crippen molar-refractivity contribution < 1.29 is 4.39 Å². The zero-order valence-corrected chi connectivity index (χ0v) is 8.33. The molecule has 0 aromatic heterocycles. The highest BCUT2D eigenvalue weighted by molar-refractivity contribution is 5.54. The van der Waals surface area contributed by atoms with E-state index < -0.39 is 0 Å². The van der Waals surface area contributed by atoms with Crippen LogP contribution in [0.2, 0.25) is 0 Å². The van der Waals surface area contributed by atoms with Crippen molar-refractivity contribution in [3.8, 4) is 0 Å². The molecule has 3 heteroatoms. The maximum Gasteiger partial charge on any atom is 0.123 e. The van der Waals surface area contributed by atoms with E-state index in [4.69, 9.17) is 5.73 Å². The highest BCUT2D eigenvalue weighted by Gasteiger charge is 2.16. The lowest BCUT2D eigenvalue weighted by atomic mass is 10.0. The summed E-state index contributed by atoms with van der Waals surface area (Å²) in [6.45, 7) is 0.944. The van der Waals surface area contributed by atoms with Gasteiger partial charge in [-0.15, -0.1) is 0 Å². The van der Waals surface area contributed by atoms with Gasteiger partial charge in [0.15, 0.2) is 0 Å². The number of rotatable bonds is 0. The van der Waals surface area contributed by atoms with Gasteiger partial charge in [-0.2, -0.15) is 0 Å². The van der Waals surface area contributed by atoms with Crippen LogP contribution in [0, 0.1) is 5.82 Å². The average Bonchev–Trinajstić information content (AvgIpc) is 2.26. The summed E-state index contributed by atoms with van der Waals surface area (Å²) < 4.78 is 13.0. The van der Waals surface area contributed by atoms with E-state index in [2.05, 4.69) is 4.90 Å². The van der Waals surface area contributed by atoms with Crippen LogP contribution in [-0.2, 0) is 6.42 Å². The monoisotopic (exact) mass is 194 g/mol. The molecule has 0 aliphatic carbocycles. The van der Waals surface area contributed by atoms with Crippen molar-refractivity contribution in [1.29, 1.82) is 0 Å². The van der Waals surface area contributed by atoms with Crippen LogP contribution >= 0.6 is 0 Å². The van der Waals surface area contributed by atoms with Crippen LogP contribution < -0.4 is 10.6 Å². The highest BCUT2D eigenvalue weighted by Crippen LogP contribution is 2.25. The van der Waals surface area contributed by atoms with Gasteiger partial charge in [-0.25, -0.2) is 4.39 Å². The van der Waals surface area contributed by atoms with E-state index in [1.165, 1.54) is 6.07 Å². The number of nitrogens with two attached hydrogens (primary N) is 1. The van der Waals surface area contributed by atoms with Gasteiger partial charge in [0, 0.05) is 25.3 Å². The summed E-state index contributed by atoms with van der Waals surface area (Å²) in [5.41, 5.74) is 8.05. The Labute approximate surface area is 83.5 Å². The summed E-state index contributed by atoms with van der Waals surface area (Å²) in [5, 5.41) is 0. The van der Waals surface area contributed by atoms with Crippen LogP contribution in [0.4, 0.5) is 10.1 Å². The molecule has 76 valence electrons. The summed E-state index contributed by atoms with van der Waals surface area (Å²) in [6, 6.07) is 5.09. The minimum absolute atomic E-state index is 0.153. The number of hydrogen-bond acceptors (Lipinski definition) is 2. The molecule has 0 spiro atoms. The lowest BCUT2D eigenvalue weighted by Gasteiger charge is -2.18. The molecule has 2 N–H and O–H groups in total. The Morgan fingerprint density at radius 2 is 2.29 bits per heavy atom. The molecular formula is C11H15FN2. The van der Waals surface area contributed by atoms with E-state index in [1.807, 2.05) is 13.1 Å². The fourth-order valence-electron chi connectivity index (χ4n) is 1.95. The highest BCUT2D eigenvalue weighted by atomic mass is 19.1. The van der Waals surface area contributed by atoms with E-state index in [0.29, 0.717) is 0 Å². The van der Waals surface area contributed by atoms with Gasteiger partial charge in [-0.05, 0) is 36.6 Å². The largest absolute Gasteiger partial charge is 0.374 e. The van der Waals surface area contributed by atoms with Crippen molar-refractivity contribution in [3.63, 3.8) is 0 Å². The molecule has 1 aliphatic heterocycles. The Morgan fingerprint density at radius 3 is 3.07 bits per heavy atom. The number of benzene rings is 1. The SMILES string of the molecule is CN1CCC(N)Cc2cc(F)ccc21. The standard InChI is InChI=1S/C11H15FN2/c1-14-5-4-10(13)7-8-6-9(12)2-3-11(8)14/h2-3,6,10H,4-5,7,13H2,1H3. The lowest BCUT2D eigenvalue weighted by molar-refractivity contribution is 0.614. The second-order valence-corrected chi connectivity index (χ2v) is 3.95. The number of hydrogen-bond donors (Lipinski definition) is 1. The molecule has 0 fully saturated rings. The Morgan fingerprint density at radius 1 is 1.50 bits per heavy atom. The third-order valence-electron chi connectivity index (χ3n) is 2.77. The maximum absolute atomic E-state index is 13.0. The minimum atomic E-state index is -0.175.